The molecule has 0 spiro atoms. The highest BCUT2D eigenvalue weighted by Gasteiger charge is 2.34. The van der Waals surface area contributed by atoms with Gasteiger partial charge in [-0.25, -0.2) is 4.98 Å². The SMILES string of the molecule is NC(CO)(c1cccc(C(F)(F)F)c1)c1ccnc(F)c1. The molecule has 0 amide bonds. The zero-order chi connectivity index (χ0) is 15.7. The van der Waals surface area contributed by atoms with E-state index in [1.54, 1.807) is 0 Å². The lowest BCUT2D eigenvalue weighted by Gasteiger charge is -2.29. The highest BCUT2D eigenvalue weighted by Crippen LogP contribution is 2.33. The zero-order valence-corrected chi connectivity index (χ0v) is 10.7. The van der Waals surface area contributed by atoms with Crippen molar-refractivity contribution in [1.29, 1.82) is 0 Å². The van der Waals surface area contributed by atoms with E-state index in [0.29, 0.717) is 0 Å². The summed E-state index contributed by atoms with van der Waals surface area (Å²) in [6, 6.07) is 6.61. The van der Waals surface area contributed by atoms with Crippen LogP contribution in [0.1, 0.15) is 16.7 Å². The molecule has 1 unspecified atom stereocenters. The van der Waals surface area contributed by atoms with Crippen molar-refractivity contribution in [3.05, 3.63) is 65.2 Å². The van der Waals surface area contributed by atoms with Crippen LogP contribution in [0.5, 0.6) is 0 Å². The summed E-state index contributed by atoms with van der Waals surface area (Å²) in [6.45, 7) is -0.683. The molecule has 1 aromatic heterocycles. The Balaban J connectivity index is 2.55. The van der Waals surface area contributed by atoms with Crippen LogP contribution in [0, 0.1) is 5.95 Å². The van der Waals surface area contributed by atoms with E-state index in [4.69, 9.17) is 5.73 Å². The number of nitrogens with zero attached hydrogens (tertiary/aromatic N) is 1. The number of rotatable bonds is 3. The molecule has 0 radical (unpaired) electrons. The second-order valence-corrected chi connectivity index (χ2v) is 4.58. The van der Waals surface area contributed by atoms with Gasteiger partial charge in [-0.05, 0) is 35.4 Å². The largest absolute Gasteiger partial charge is 0.416 e. The van der Waals surface area contributed by atoms with E-state index in [1.807, 2.05) is 0 Å². The molecule has 7 heteroatoms. The number of aliphatic hydroxyl groups excluding tert-OH is 1. The molecule has 0 fully saturated rings. The Kier molecular flexibility index (Phi) is 3.97. The molecular formula is C14H12F4N2O. The van der Waals surface area contributed by atoms with Crippen LogP contribution in [-0.2, 0) is 11.7 Å². The van der Waals surface area contributed by atoms with Crippen molar-refractivity contribution >= 4 is 0 Å². The molecular weight excluding hydrogens is 288 g/mol. The van der Waals surface area contributed by atoms with E-state index >= 15 is 0 Å². The fourth-order valence-corrected chi connectivity index (χ4v) is 2.00. The van der Waals surface area contributed by atoms with Gasteiger partial charge in [-0.3, -0.25) is 0 Å². The molecule has 1 heterocycles. The van der Waals surface area contributed by atoms with Crippen LogP contribution in [0.3, 0.4) is 0 Å². The van der Waals surface area contributed by atoms with Crippen molar-refractivity contribution in [2.45, 2.75) is 11.7 Å². The minimum Gasteiger partial charge on any atom is -0.394 e. The van der Waals surface area contributed by atoms with Gasteiger partial charge in [-0.2, -0.15) is 17.6 Å². The molecule has 0 saturated carbocycles. The quantitative estimate of drug-likeness (QED) is 0.676. The normalized spacial score (nSPS) is 14.8. The van der Waals surface area contributed by atoms with Gasteiger partial charge in [-0.1, -0.05) is 12.1 Å². The van der Waals surface area contributed by atoms with E-state index in [0.717, 1.165) is 24.4 Å². The van der Waals surface area contributed by atoms with Crippen molar-refractivity contribution in [3.63, 3.8) is 0 Å². The number of pyridine rings is 1. The standard InChI is InChI=1S/C14H12F4N2O/c15-12-7-10(4-5-20-12)13(19,8-21)9-2-1-3-11(6-9)14(16,17)18/h1-7,21H,8,19H2. The molecule has 112 valence electrons. The van der Waals surface area contributed by atoms with E-state index in [-0.39, 0.29) is 11.1 Å². The maximum Gasteiger partial charge on any atom is 0.416 e. The van der Waals surface area contributed by atoms with Gasteiger partial charge < -0.3 is 10.8 Å². The summed E-state index contributed by atoms with van der Waals surface area (Å²) in [4.78, 5) is 3.35. The van der Waals surface area contributed by atoms with E-state index < -0.39 is 29.8 Å². The summed E-state index contributed by atoms with van der Waals surface area (Å²) < 4.78 is 51.4. The number of nitrogens with two attached hydrogens (primary N) is 1. The van der Waals surface area contributed by atoms with Gasteiger partial charge in [0.1, 0.15) is 0 Å². The molecule has 3 nitrogen and oxygen atoms in total. The van der Waals surface area contributed by atoms with Gasteiger partial charge in [0, 0.05) is 6.20 Å². The molecule has 2 aromatic rings. The summed E-state index contributed by atoms with van der Waals surface area (Å²) in [5.41, 5.74) is 3.64. The second kappa shape index (κ2) is 5.42. The topological polar surface area (TPSA) is 59.1 Å². The average Bonchev–Trinajstić information content (AvgIpc) is 2.45. The summed E-state index contributed by atoms with van der Waals surface area (Å²) in [5, 5.41) is 9.53. The highest BCUT2D eigenvalue weighted by atomic mass is 19.4. The average molecular weight is 300 g/mol. The van der Waals surface area contributed by atoms with Crippen LogP contribution in [0.2, 0.25) is 0 Å². The van der Waals surface area contributed by atoms with Gasteiger partial charge >= 0.3 is 6.18 Å². The summed E-state index contributed by atoms with van der Waals surface area (Å²) in [7, 11) is 0. The third-order valence-corrected chi connectivity index (χ3v) is 3.20. The first-order chi connectivity index (χ1) is 9.77. The van der Waals surface area contributed by atoms with Crippen LogP contribution in [0.25, 0.3) is 0 Å². The molecule has 21 heavy (non-hydrogen) atoms. The number of benzene rings is 1. The fourth-order valence-electron chi connectivity index (χ4n) is 2.00. The molecule has 2 rings (SSSR count). The Bertz CT molecular complexity index is 645. The first-order valence-electron chi connectivity index (χ1n) is 5.97. The van der Waals surface area contributed by atoms with E-state index in [1.165, 1.54) is 18.2 Å². The van der Waals surface area contributed by atoms with Crippen molar-refractivity contribution in [2.24, 2.45) is 5.73 Å². The minimum absolute atomic E-state index is 0.0328. The predicted molar refractivity (Wildman–Crippen MR) is 67.7 cm³/mol. The van der Waals surface area contributed by atoms with Crippen molar-refractivity contribution < 1.29 is 22.7 Å². The first-order valence-corrected chi connectivity index (χ1v) is 5.97. The van der Waals surface area contributed by atoms with Crippen molar-refractivity contribution in [3.8, 4) is 0 Å². The van der Waals surface area contributed by atoms with Crippen molar-refractivity contribution in [1.82, 2.24) is 4.98 Å². The molecule has 3 N–H and O–H groups in total. The Morgan fingerprint density at radius 2 is 1.67 bits per heavy atom. The lowest BCUT2D eigenvalue weighted by molar-refractivity contribution is -0.137. The maximum atomic E-state index is 13.2. The Labute approximate surface area is 118 Å². The molecule has 0 aliphatic heterocycles. The summed E-state index contributed by atoms with van der Waals surface area (Å²) >= 11 is 0. The van der Waals surface area contributed by atoms with Crippen LogP contribution < -0.4 is 5.73 Å². The van der Waals surface area contributed by atoms with E-state index in [2.05, 4.69) is 4.98 Å². The number of alkyl halides is 3. The number of hydrogen-bond donors (Lipinski definition) is 2. The lowest BCUT2D eigenvalue weighted by Crippen LogP contribution is -2.42. The number of aromatic nitrogens is 1. The van der Waals surface area contributed by atoms with E-state index in [9.17, 15) is 22.7 Å². The number of aliphatic hydroxyl groups is 1. The van der Waals surface area contributed by atoms with Gasteiger partial charge in [0.15, 0.2) is 0 Å². The maximum absolute atomic E-state index is 13.2. The first kappa shape index (κ1) is 15.4. The molecule has 0 saturated heterocycles. The Morgan fingerprint density at radius 3 is 2.24 bits per heavy atom. The van der Waals surface area contributed by atoms with Gasteiger partial charge in [0.05, 0.1) is 17.7 Å². The smallest absolute Gasteiger partial charge is 0.394 e. The fraction of sp³-hybridized carbons (Fsp3) is 0.214. The number of hydrogen-bond acceptors (Lipinski definition) is 3. The van der Waals surface area contributed by atoms with Crippen LogP contribution in [-0.4, -0.2) is 16.7 Å². The lowest BCUT2D eigenvalue weighted by atomic mass is 9.84. The zero-order valence-electron chi connectivity index (χ0n) is 10.7. The molecule has 1 atom stereocenters. The molecule has 1 aromatic carbocycles. The predicted octanol–water partition coefficient (Wildman–Crippen LogP) is 2.43. The van der Waals surface area contributed by atoms with Crippen LogP contribution >= 0.6 is 0 Å². The summed E-state index contributed by atoms with van der Waals surface area (Å²) in [5.74, 6) is -0.831. The van der Waals surface area contributed by atoms with Gasteiger partial charge in [0.2, 0.25) is 5.95 Å². The second-order valence-electron chi connectivity index (χ2n) is 4.58. The van der Waals surface area contributed by atoms with Crippen LogP contribution in [0.4, 0.5) is 17.6 Å². The number of halogens is 4. The minimum atomic E-state index is -4.53. The third kappa shape index (κ3) is 3.03. The summed E-state index contributed by atoms with van der Waals surface area (Å²) in [6.07, 6.45) is -3.40. The van der Waals surface area contributed by atoms with Crippen molar-refractivity contribution in [2.75, 3.05) is 6.61 Å². The Hall–Kier alpha value is -1.99. The highest BCUT2D eigenvalue weighted by molar-refractivity contribution is 5.40. The molecule has 0 aliphatic rings. The monoisotopic (exact) mass is 300 g/mol. The molecule has 0 aliphatic carbocycles. The van der Waals surface area contributed by atoms with Gasteiger partial charge in [0.25, 0.3) is 0 Å². The van der Waals surface area contributed by atoms with Gasteiger partial charge in [-0.15, -0.1) is 0 Å². The third-order valence-electron chi connectivity index (χ3n) is 3.20. The Morgan fingerprint density at radius 1 is 1.05 bits per heavy atom. The molecule has 0 bridgehead atoms. The van der Waals surface area contributed by atoms with Crippen LogP contribution in [0.15, 0.2) is 42.6 Å².